The van der Waals surface area contributed by atoms with Crippen molar-refractivity contribution in [3.63, 3.8) is 0 Å². The van der Waals surface area contributed by atoms with Crippen molar-refractivity contribution in [1.82, 2.24) is 14.5 Å². The van der Waals surface area contributed by atoms with Crippen LogP contribution in [0.5, 0.6) is 11.5 Å². The number of nitrogens with two attached hydrogens (primary N) is 1. The number of hydrogen-bond donors (Lipinski definition) is 2. The molecule has 0 aliphatic carbocycles. The number of hydrogen-bond acceptors (Lipinski definition) is 6. The number of fused-ring (bicyclic) bond motifs is 1. The molecule has 3 rings (SSSR count). The molecule has 7 nitrogen and oxygen atoms in total. The lowest BCUT2D eigenvalue weighted by molar-refractivity contribution is 0.355. The zero-order valence-electron chi connectivity index (χ0n) is 11.5. The number of aromatic nitrogens is 3. The van der Waals surface area contributed by atoms with Crippen LogP contribution in [0.25, 0.3) is 11.0 Å². The third-order valence-corrected chi connectivity index (χ3v) is 3.90. The van der Waals surface area contributed by atoms with Crippen LogP contribution in [-0.2, 0) is 6.54 Å². The fourth-order valence-corrected chi connectivity index (χ4v) is 2.77. The molecule has 0 bridgehead atoms. The number of thiazole rings is 1. The van der Waals surface area contributed by atoms with Crippen molar-refractivity contribution in [1.29, 1.82) is 0 Å². The van der Waals surface area contributed by atoms with Crippen LogP contribution in [0.2, 0.25) is 0 Å². The molecule has 110 valence electrons. The minimum Gasteiger partial charge on any atom is -0.493 e. The third-order valence-electron chi connectivity index (χ3n) is 3.18. The van der Waals surface area contributed by atoms with Gasteiger partial charge in [-0.15, -0.1) is 0 Å². The van der Waals surface area contributed by atoms with E-state index in [1.54, 1.807) is 25.7 Å². The molecule has 0 aliphatic heterocycles. The summed E-state index contributed by atoms with van der Waals surface area (Å²) in [6.45, 7) is 0.441. The van der Waals surface area contributed by atoms with Crippen molar-refractivity contribution in [2.24, 2.45) is 0 Å². The number of anilines is 1. The molecule has 3 aromatic rings. The molecule has 0 amide bonds. The van der Waals surface area contributed by atoms with E-state index < -0.39 is 0 Å². The number of nitrogens with one attached hydrogen (secondary N) is 1. The minimum atomic E-state index is -0.0905. The lowest BCUT2D eigenvalue weighted by Crippen LogP contribution is -2.06. The number of H-pyrrole nitrogens is 1. The number of benzene rings is 1. The van der Waals surface area contributed by atoms with Crippen molar-refractivity contribution in [2.75, 3.05) is 20.0 Å². The first-order valence-corrected chi connectivity index (χ1v) is 7.04. The van der Waals surface area contributed by atoms with Crippen molar-refractivity contribution in [2.45, 2.75) is 6.54 Å². The van der Waals surface area contributed by atoms with Gasteiger partial charge in [-0.05, 0) is 0 Å². The van der Waals surface area contributed by atoms with Crippen molar-refractivity contribution in [3.05, 3.63) is 32.9 Å². The number of aromatic amines is 1. The smallest absolute Gasteiger partial charge is 0.304 e. The monoisotopic (exact) mass is 306 g/mol. The maximum Gasteiger partial charge on any atom is 0.304 e. The average molecular weight is 306 g/mol. The summed E-state index contributed by atoms with van der Waals surface area (Å²) in [6, 6.07) is 3.60. The average Bonchev–Trinajstić information content (AvgIpc) is 3.02. The van der Waals surface area contributed by atoms with Gasteiger partial charge in [-0.2, -0.15) is 0 Å². The van der Waals surface area contributed by atoms with Crippen LogP contribution in [0.1, 0.15) is 5.69 Å². The van der Waals surface area contributed by atoms with Gasteiger partial charge in [-0.25, -0.2) is 4.98 Å². The third kappa shape index (κ3) is 2.33. The molecular formula is C13H14N4O3S. The second kappa shape index (κ2) is 5.13. The van der Waals surface area contributed by atoms with Gasteiger partial charge in [0.2, 0.25) is 5.95 Å². The Labute approximate surface area is 123 Å². The summed E-state index contributed by atoms with van der Waals surface area (Å²) in [5.41, 5.74) is 8.28. The highest BCUT2D eigenvalue weighted by Gasteiger charge is 2.14. The zero-order chi connectivity index (χ0) is 15.0. The Hall–Kier alpha value is -2.48. The second-order valence-corrected chi connectivity index (χ2v) is 5.27. The van der Waals surface area contributed by atoms with Crippen LogP contribution >= 0.6 is 11.3 Å². The Morgan fingerprint density at radius 2 is 2.05 bits per heavy atom. The standard InChI is InChI=1S/C13H14N4O3S/c1-19-10-3-8-9(4-11(10)20-2)17(12(14)16-8)5-7-6-21-13(18)15-7/h3-4,6H,5H2,1-2H3,(H2,14,16)(H,15,18). The number of nitrogen functional groups attached to an aromatic ring is 1. The molecule has 21 heavy (non-hydrogen) atoms. The Morgan fingerprint density at radius 1 is 1.33 bits per heavy atom. The summed E-state index contributed by atoms with van der Waals surface area (Å²) in [5.74, 6) is 1.57. The summed E-state index contributed by atoms with van der Waals surface area (Å²) < 4.78 is 12.4. The van der Waals surface area contributed by atoms with E-state index in [1.165, 1.54) is 0 Å². The predicted octanol–water partition coefficient (Wildman–Crippen LogP) is 1.43. The number of nitrogens with zero attached hydrogens (tertiary/aromatic N) is 2. The van der Waals surface area contributed by atoms with Crippen LogP contribution in [0.4, 0.5) is 5.95 Å². The molecule has 0 aliphatic rings. The van der Waals surface area contributed by atoms with Crippen LogP contribution in [0.15, 0.2) is 22.3 Å². The van der Waals surface area contributed by atoms with Gasteiger partial charge in [0.25, 0.3) is 0 Å². The quantitative estimate of drug-likeness (QED) is 0.760. The molecule has 0 spiro atoms. The number of rotatable bonds is 4. The molecule has 0 unspecified atom stereocenters. The fourth-order valence-electron chi connectivity index (χ4n) is 2.20. The number of ether oxygens (including phenoxy) is 2. The van der Waals surface area contributed by atoms with Crippen LogP contribution in [0.3, 0.4) is 0 Å². The number of imidazole rings is 1. The highest BCUT2D eigenvalue weighted by Crippen LogP contribution is 2.33. The van der Waals surface area contributed by atoms with E-state index in [4.69, 9.17) is 15.2 Å². The van der Waals surface area contributed by atoms with Gasteiger partial charge < -0.3 is 24.8 Å². The lowest BCUT2D eigenvalue weighted by atomic mass is 10.2. The van der Waals surface area contributed by atoms with Gasteiger partial charge in [0.05, 0.1) is 31.8 Å². The molecule has 1 aromatic carbocycles. The topological polar surface area (TPSA) is 95.2 Å². The normalized spacial score (nSPS) is 11.0. The lowest BCUT2D eigenvalue weighted by Gasteiger charge is -2.09. The zero-order valence-corrected chi connectivity index (χ0v) is 12.4. The molecule has 0 atom stereocenters. The van der Waals surface area contributed by atoms with E-state index in [-0.39, 0.29) is 4.87 Å². The van der Waals surface area contributed by atoms with E-state index >= 15 is 0 Å². The molecule has 2 aromatic heterocycles. The Bertz CT molecular complexity index is 849. The Balaban J connectivity index is 2.13. The first kappa shape index (κ1) is 13.5. The van der Waals surface area contributed by atoms with E-state index in [1.807, 2.05) is 10.6 Å². The summed E-state index contributed by atoms with van der Waals surface area (Å²) in [5, 5.41) is 1.77. The van der Waals surface area contributed by atoms with Gasteiger partial charge in [-0.1, -0.05) is 11.3 Å². The maximum atomic E-state index is 11.2. The van der Waals surface area contributed by atoms with Crippen LogP contribution in [0, 0.1) is 0 Å². The Morgan fingerprint density at radius 3 is 2.67 bits per heavy atom. The summed E-state index contributed by atoms with van der Waals surface area (Å²) in [7, 11) is 3.14. The first-order chi connectivity index (χ1) is 10.1. The first-order valence-electron chi connectivity index (χ1n) is 6.16. The minimum absolute atomic E-state index is 0.0905. The van der Waals surface area contributed by atoms with Crippen LogP contribution in [-0.4, -0.2) is 28.8 Å². The molecule has 0 saturated carbocycles. The van der Waals surface area contributed by atoms with E-state index in [2.05, 4.69) is 9.97 Å². The van der Waals surface area contributed by atoms with Gasteiger partial charge in [0.15, 0.2) is 11.5 Å². The maximum absolute atomic E-state index is 11.2. The van der Waals surface area contributed by atoms with E-state index in [9.17, 15) is 4.79 Å². The highest BCUT2D eigenvalue weighted by atomic mass is 32.1. The SMILES string of the molecule is COc1cc2nc(N)n(Cc3csc(=O)[nH]3)c2cc1OC. The molecule has 2 heterocycles. The summed E-state index contributed by atoms with van der Waals surface area (Å²) in [4.78, 5) is 18.2. The van der Waals surface area contributed by atoms with Gasteiger partial charge in [-0.3, -0.25) is 4.79 Å². The molecule has 0 fully saturated rings. The molecular weight excluding hydrogens is 292 g/mol. The number of methoxy groups -OCH3 is 2. The fraction of sp³-hybridized carbons (Fsp3) is 0.231. The summed E-state index contributed by atoms with van der Waals surface area (Å²) in [6.07, 6.45) is 0. The van der Waals surface area contributed by atoms with Crippen molar-refractivity contribution >= 4 is 28.3 Å². The highest BCUT2D eigenvalue weighted by molar-refractivity contribution is 7.07. The molecule has 8 heteroatoms. The van der Waals surface area contributed by atoms with Crippen LogP contribution < -0.4 is 20.1 Å². The molecule has 0 saturated heterocycles. The predicted molar refractivity (Wildman–Crippen MR) is 81.3 cm³/mol. The van der Waals surface area contributed by atoms with Crippen molar-refractivity contribution < 1.29 is 9.47 Å². The van der Waals surface area contributed by atoms with Gasteiger partial charge >= 0.3 is 4.87 Å². The second-order valence-electron chi connectivity index (χ2n) is 4.43. The van der Waals surface area contributed by atoms with Gasteiger partial charge in [0.1, 0.15) is 0 Å². The Kier molecular flexibility index (Phi) is 3.30. The van der Waals surface area contributed by atoms with E-state index in [0.717, 1.165) is 22.5 Å². The van der Waals surface area contributed by atoms with E-state index in [0.29, 0.717) is 29.5 Å². The van der Waals surface area contributed by atoms with Gasteiger partial charge in [0, 0.05) is 23.2 Å². The summed E-state index contributed by atoms with van der Waals surface area (Å²) >= 11 is 1.12. The molecule has 3 N–H and O–H groups in total. The largest absolute Gasteiger partial charge is 0.493 e. The molecule has 0 radical (unpaired) electrons. The van der Waals surface area contributed by atoms with Crippen molar-refractivity contribution in [3.8, 4) is 11.5 Å².